The molecule has 124 valence electrons. The van der Waals surface area contributed by atoms with Gasteiger partial charge in [-0.05, 0) is 24.3 Å². The molecule has 3 rings (SSSR count). The molecule has 3 aromatic rings. The summed E-state index contributed by atoms with van der Waals surface area (Å²) < 4.78 is 28.4. The van der Waals surface area contributed by atoms with Crippen molar-refractivity contribution in [3.05, 3.63) is 36.9 Å². The van der Waals surface area contributed by atoms with E-state index in [1.165, 1.54) is 48.7 Å². The van der Waals surface area contributed by atoms with Gasteiger partial charge in [-0.2, -0.15) is 8.78 Å². The second-order valence-electron chi connectivity index (χ2n) is 4.52. The van der Waals surface area contributed by atoms with E-state index in [0.717, 1.165) is 0 Å². The highest BCUT2D eigenvalue weighted by Crippen LogP contribution is 2.22. The molecule has 10 heteroatoms. The van der Waals surface area contributed by atoms with Gasteiger partial charge in [0.05, 0.1) is 12.1 Å². The van der Waals surface area contributed by atoms with Gasteiger partial charge in [-0.1, -0.05) is 11.8 Å². The van der Waals surface area contributed by atoms with Crippen LogP contribution in [0.4, 0.5) is 14.5 Å². The highest BCUT2D eigenvalue weighted by atomic mass is 32.2. The monoisotopic (exact) mass is 351 g/mol. The van der Waals surface area contributed by atoms with Crippen molar-refractivity contribution >= 4 is 34.5 Å². The molecule has 0 aliphatic rings. The molecule has 0 atom stereocenters. The molecule has 2 N–H and O–H groups in total. The topological polar surface area (TPSA) is 92.8 Å². The van der Waals surface area contributed by atoms with Crippen LogP contribution >= 0.6 is 11.8 Å². The first kappa shape index (κ1) is 16.1. The zero-order chi connectivity index (χ0) is 16.9. The van der Waals surface area contributed by atoms with Crippen LogP contribution in [0.5, 0.6) is 5.75 Å². The number of thioether (sulfide) groups is 1. The third-order valence-corrected chi connectivity index (χ3v) is 3.88. The van der Waals surface area contributed by atoms with E-state index in [4.69, 9.17) is 0 Å². The van der Waals surface area contributed by atoms with E-state index in [1.54, 1.807) is 0 Å². The number of anilines is 1. The maximum absolute atomic E-state index is 12.1. The number of benzene rings is 1. The summed E-state index contributed by atoms with van der Waals surface area (Å²) in [4.78, 5) is 27.0. The van der Waals surface area contributed by atoms with Gasteiger partial charge in [0.1, 0.15) is 22.6 Å². The number of H-pyrrole nitrogens is 1. The molecular weight excluding hydrogens is 340 g/mol. The molecule has 2 heterocycles. The fourth-order valence-corrected chi connectivity index (χ4v) is 2.66. The lowest BCUT2D eigenvalue weighted by atomic mass is 10.3. The Bertz CT molecular complexity index is 841. The van der Waals surface area contributed by atoms with E-state index in [0.29, 0.717) is 21.9 Å². The minimum absolute atomic E-state index is 0.0278. The highest BCUT2D eigenvalue weighted by Gasteiger charge is 2.10. The van der Waals surface area contributed by atoms with E-state index in [-0.39, 0.29) is 17.4 Å². The number of carbonyl (C=O) groups is 1. The number of halogens is 2. The number of hydrogen-bond acceptors (Lipinski definition) is 6. The van der Waals surface area contributed by atoms with Crippen molar-refractivity contribution in [2.24, 2.45) is 0 Å². The molecular formula is C14H11F2N5O2S. The van der Waals surface area contributed by atoms with Gasteiger partial charge in [0.15, 0.2) is 5.65 Å². The Morgan fingerprint density at radius 2 is 2.04 bits per heavy atom. The SMILES string of the molecule is O=C(CSc1ncnc2nc[nH]c12)Nc1ccc(OC(F)F)cc1. The number of carbonyl (C=O) groups excluding carboxylic acids is 1. The van der Waals surface area contributed by atoms with Gasteiger partial charge in [-0.25, -0.2) is 15.0 Å². The molecule has 0 aliphatic carbocycles. The van der Waals surface area contributed by atoms with Crippen LogP contribution in [-0.4, -0.2) is 38.2 Å². The number of rotatable bonds is 6. The average molecular weight is 351 g/mol. The van der Waals surface area contributed by atoms with Crippen LogP contribution in [-0.2, 0) is 4.79 Å². The zero-order valence-corrected chi connectivity index (χ0v) is 12.9. The summed E-state index contributed by atoms with van der Waals surface area (Å²) in [6.45, 7) is -2.88. The summed E-state index contributed by atoms with van der Waals surface area (Å²) in [7, 11) is 0. The predicted octanol–water partition coefficient (Wildman–Crippen LogP) is 2.69. The second-order valence-corrected chi connectivity index (χ2v) is 5.48. The Labute approximate surface area is 138 Å². The van der Waals surface area contributed by atoms with Crippen LogP contribution in [0, 0.1) is 0 Å². The van der Waals surface area contributed by atoms with Crippen molar-refractivity contribution in [2.45, 2.75) is 11.6 Å². The lowest BCUT2D eigenvalue weighted by molar-refractivity contribution is -0.113. The average Bonchev–Trinajstić information content (AvgIpc) is 3.03. The van der Waals surface area contributed by atoms with Crippen LogP contribution < -0.4 is 10.1 Å². The fraction of sp³-hybridized carbons (Fsp3) is 0.143. The number of hydrogen-bond donors (Lipinski definition) is 2. The number of ether oxygens (including phenoxy) is 1. The Kier molecular flexibility index (Phi) is 4.85. The molecule has 0 bridgehead atoms. The van der Waals surface area contributed by atoms with Crippen molar-refractivity contribution in [1.82, 2.24) is 19.9 Å². The van der Waals surface area contributed by atoms with Crippen LogP contribution in [0.3, 0.4) is 0 Å². The molecule has 1 aromatic carbocycles. The predicted molar refractivity (Wildman–Crippen MR) is 84.1 cm³/mol. The molecule has 0 saturated heterocycles. The summed E-state index contributed by atoms with van der Waals surface area (Å²) in [6, 6.07) is 5.68. The second kappa shape index (κ2) is 7.21. The Hall–Kier alpha value is -2.75. The largest absolute Gasteiger partial charge is 0.435 e. The smallest absolute Gasteiger partial charge is 0.387 e. The molecule has 0 fully saturated rings. The van der Waals surface area contributed by atoms with E-state index >= 15 is 0 Å². The van der Waals surface area contributed by atoms with Gasteiger partial charge in [0, 0.05) is 5.69 Å². The normalized spacial score (nSPS) is 11.0. The molecule has 0 aliphatic heterocycles. The number of imidazole rings is 1. The van der Waals surface area contributed by atoms with Crippen molar-refractivity contribution in [3.8, 4) is 5.75 Å². The molecule has 24 heavy (non-hydrogen) atoms. The van der Waals surface area contributed by atoms with Crippen molar-refractivity contribution < 1.29 is 18.3 Å². The highest BCUT2D eigenvalue weighted by molar-refractivity contribution is 8.00. The van der Waals surface area contributed by atoms with E-state index in [1.807, 2.05) is 0 Å². The number of aromatic nitrogens is 4. The van der Waals surface area contributed by atoms with E-state index in [2.05, 4.69) is 30.0 Å². The lowest BCUT2D eigenvalue weighted by Crippen LogP contribution is -2.14. The molecule has 1 amide bonds. The fourth-order valence-electron chi connectivity index (χ4n) is 1.90. The molecule has 0 spiro atoms. The van der Waals surface area contributed by atoms with Gasteiger partial charge in [-0.3, -0.25) is 4.79 Å². The van der Waals surface area contributed by atoms with Gasteiger partial charge < -0.3 is 15.0 Å². The van der Waals surface area contributed by atoms with Gasteiger partial charge in [-0.15, -0.1) is 0 Å². The number of aromatic amines is 1. The number of fused-ring (bicyclic) bond motifs is 1. The Balaban J connectivity index is 1.57. The first-order valence-corrected chi connectivity index (χ1v) is 7.72. The molecule has 0 unspecified atom stereocenters. The zero-order valence-electron chi connectivity index (χ0n) is 12.1. The van der Waals surface area contributed by atoms with Crippen molar-refractivity contribution in [2.75, 3.05) is 11.1 Å². The van der Waals surface area contributed by atoms with Crippen LogP contribution in [0.2, 0.25) is 0 Å². The summed E-state index contributed by atoms with van der Waals surface area (Å²) >= 11 is 1.24. The Morgan fingerprint density at radius 3 is 2.79 bits per heavy atom. The molecule has 0 radical (unpaired) electrons. The van der Waals surface area contributed by atoms with Crippen LogP contribution in [0.1, 0.15) is 0 Å². The lowest BCUT2D eigenvalue weighted by Gasteiger charge is -2.07. The maximum Gasteiger partial charge on any atom is 0.387 e. The summed E-state index contributed by atoms with van der Waals surface area (Å²) in [5, 5.41) is 3.28. The number of amides is 1. The molecule has 0 saturated carbocycles. The summed E-state index contributed by atoms with van der Waals surface area (Å²) in [5.74, 6) is -0.103. The summed E-state index contributed by atoms with van der Waals surface area (Å²) in [5.41, 5.74) is 1.68. The number of nitrogens with one attached hydrogen (secondary N) is 2. The first-order chi connectivity index (χ1) is 11.6. The van der Waals surface area contributed by atoms with Gasteiger partial charge >= 0.3 is 6.61 Å². The summed E-state index contributed by atoms with van der Waals surface area (Å²) in [6.07, 6.45) is 2.89. The van der Waals surface area contributed by atoms with Crippen LogP contribution in [0.25, 0.3) is 11.2 Å². The number of alkyl halides is 2. The third-order valence-electron chi connectivity index (χ3n) is 2.89. The minimum atomic E-state index is -2.88. The molecule has 2 aromatic heterocycles. The van der Waals surface area contributed by atoms with Gasteiger partial charge in [0.2, 0.25) is 5.91 Å². The van der Waals surface area contributed by atoms with E-state index < -0.39 is 6.61 Å². The van der Waals surface area contributed by atoms with Crippen molar-refractivity contribution in [3.63, 3.8) is 0 Å². The third kappa shape index (κ3) is 3.96. The maximum atomic E-state index is 12.1. The Morgan fingerprint density at radius 1 is 1.25 bits per heavy atom. The van der Waals surface area contributed by atoms with Crippen molar-refractivity contribution in [1.29, 1.82) is 0 Å². The number of nitrogens with zero attached hydrogens (tertiary/aromatic N) is 3. The standard InChI is InChI=1S/C14H11F2N5O2S/c15-14(16)23-9-3-1-8(2-4-9)21-10(22)5-24-13-11-12(18-6-17-11)19-7-20-13/h1-4,6-7,14H,5H2,(H,21,22)(H,17,18,19,20). The van der Waals surface area contributed by atoms with Gasteiger partial charge in [0.25, 0.3) is 0 Å². The van der Waals surface area contributed by atoms with Crippen LogP contribution in [0.15, 0.2) is 41.9 Å². The first-order valence-electron chi connectivity index (χ1n) is 6.73. The van der Waals surface area contributed by atoms with E-state index in [9.17, 15) is 13.6 Å². The molecule has 7 nitrogen and oxygen atoms in total. The minimum Gasteiger partial charge on any atom is -0.435 e. The quantitative estimate of drug-likeness (QED) is 0.524.